The van der Waals surface area contributed by atoms with Crippen LogP contribution in [0, 0.1) is 11.8 Å². The Morgan fingerprint density at radius 1 is 1.38 bits per heavy atom. The van der Waals surface area contributed by atoms with Gasteiger partial charge in [-0.05, 0) is 32.1 Å². The summed E-state index contributed by atoms with van der Waals surface area (Å²) in [6, 6.07) is 0. The number of alkyl halides is 1. The van der Waals surface area contributed by atoms with Crippen LogP contribution in [0.25, 0.3) is 0 Å². The van der Waals surface area contributed by atoms with Crippen LogP contribution in [0.2, 0.25) is 0 Å². The molecule has 1 saturated heterocycles. The van der Waals surface area contributed by atoms with Crippen LogP contribution in [0.5, 0.6) is 0 Å². The fraction of sp³-hybridized carbons (Fsp3) is 0.769. The lowest BCUT2D eigenvalue weighted by Crippen LogP contribution is -2.38. The Balaban J connectivity index is 1.86. The molecule has 0 aromatic rings. The Kier molecular flexibility index (Phi) is 2.93. The maximum Gasteiger partial charge on any atom is 0.100 e. The van der Waals surface area contributed by atoms with Crippen LogP contribution < -0.4 is 5.32 Å². The normalized spacial score (nSPS) is 38.4. The van der Waals surface area contributed by atoms with Crippen molar-refractivity contribution in [1.82, 2.24) is 5.32 Å². The van der Waals surface area contributed by atoms with E-state index in [1.165, 1.54) is 37.9 Å². The summed E-state index contributed by atoms with van der Waals surface area (Å²) in [6.45, 7) is 1.87. The molecule has 0 bridgehead atoms. The molecular weight excluding hydrogens is 220 g/mol. The lowest BCUT2D eigenvalue weighted by Gasteiger charge is -2.34. The molecule has 3 rings (SSSR count). The highest BCUT2D eigenvalue weighted by molar-refractivity contribution is 6.21. The number of nitrogens with zero attached hydrogens (tertiary/aromatic N) is 1. The van der Waals surface area contributed by atoms with Crippen LogP contribution in [-0.2, 0) is 0 Å². The van der Waals surface area contributed by atoms with Gasteiger partial charge in [-0.3, -0.25) is 4.99 Å². The fourth-order valence-electron chi connectivity index (χ4n) is 3.35. The summed E-state index contributed by atoms with van der Waals surface area (Å²) in [5, 5.41) is 3.63. The molecule has 0 saturated carbocycles. The maximum absolute atomic E-state index is 6.51. The molecule has 0 amide bonds. The van der Waals surface area contributed by atoms with E-state index < -0.39 is 0 Å². The van der Waals surface area contributed by atoms with Crippen LogP contribution >= 0.6 is 11.6 Å². The van der Waals surface area contributed by atoms with Crippen molar-refractivity contribution >= 4 is 17.4 Å². The number of allylic oxidation sites excluding steroid dienone is 2. The summed E-state index contributed by atoms with van der Waals surface area (Å²) in [4.78, 5) is 4.56. The number of aliphatic imine (C=N–C) groups is 1. The van der Waals surface area contributed by atoms with Crippen molar-refractivity contribution in [2.24, 2.45) is 16.8 Å². The second kappa shape index (κ2) is 4.40. The van der Waals surface area contributed by atoms with E-state index in [1.54, 1.807) is 5.57 Å². The van der Waals surface area contributed by atoms with Gasteiger partial charge < -0.3 is 5.32 Å². The molecule has 1 aliphatic carbocycles. The highest BCUT2D eigenvalue weighted by Gasteiger charge is 2.39. The average Bonchev–Trinajstić information content (AvgIpc) is 2.78. The zero-order chi connectivity index (χ0) is 11.0. The number of fused-ring (bicyclic) bond motifs is 1. The number of hydrogen-bond acceptors (Lipinski definition) is 2. The summed E-state index contributed by atoms with van der Waals surface area (Å²) in [6.07, 6.45) is 8.88. The van der Waals surface area contributed by atoms with Crippen molar-refractivity contribution < 1.29 is 0 Å². The Bertz CT molecular complexity index is 335. The van der Waals surface area contributed by atoms with Crippen LogP contribution in [0.4, 0.5) is 0 Å². The third kappa shape index (κ3) is 1.77. The van der Waals surface area contributed by atoms with Gasteiger partial charge in [-0.2, -0.15) is 0 Å². The summed E-state index contributed by atoms with van der Waals surface area (Å²) in [7, 11) is 0. The maximum atomic E-state index is 6.51. The highest BCUT2D eigenvalue weighted by atomic mass is 35.5. The van der Waals surface area contributed by atoms with Gasteiger partial charge in [-0.25, -0.2) is 0 Å². The molecule has 1 fully saturated rings. The summed E-state index contributed by atoms with van der Waals surface area (Å²) in [5.74, 6) is 2.37. The molecule has 3 heteroatoms. The Hall–Kier alpha value is -0.500. The van der Waals surface area contributed by atoms with Gasteiger partial charge in [-0.1, -0.05) is 11.6 Å². The smallest absolute Gasteiger partial charge is 0.100 e. The standard InChI is InChI=1S/C13H19ClN2/c14-11-8-16-13-10(6-7-15-13)12(11)9-4-2-1-3-5-9/h4,10-12H,1-3,5-8H2,(H,15,16). The van der Waals surface area contributed by atoms with Crippen molar-refractivity contribution in [3.05, 3.63) is 11.6 Å². The zero-order valence-electron chi connectivity index (χ0n) is 9.58. The molecule has 2 heterocycles. The van der Waals surface area contributed by atoms with E-state index in [9.17, 15) is 0 Å². The van der Waals surface area contributed by atoms with Gasteiger partial charge in [0.25, 0.3) is 0 Å². The molecule has 2 aliphatic heterocycles. The molecule has 1 N–H and O–H groups in total. The van der Waals surface area contributed by atoms with Crippen LogP contribution in [0.3, 0.4) is 0 Å². The molecule has 0 aromatic heterocycles. The lowest BCUT2D eigenvalue weighted by atomic mass is 9.76. The van der Waals surface area contributed by atoms with Crippen molar-refractivity contribution in [3.8, 4) is 0 Å². The molecule has 88 valence electrons. The number of nitrogens with one attached hydrogen (secondary N) is 1. The fourth-order valence-corrected chi connectivity index (χ4v) is 3.76. The van der Waals surface area contributed by atoms with E-state index in [4.69, 9.17) is 11.6 Å². The first-order valence-corrected chi connectivity index (χ1v) is 6.91. The van der Waals surface area contributed by atoms with Crippen molar-refractivity contribution in [2.75, 3.05) is 13.1 Å². The minimum absolute atomic E-state index is 0.220. The highest BCUT2D eigenvalue weighted by Crippen LogP contribution is 2.39. The molecule has 0 spiro atoms. The minimum atomic E-state index is 0.220. The van der Waals surface area contributed by atoms with Gasteiger partial charge in [0.15, 0.2) is 0 Å². The second-order valence-electron chi connectivity index (χ2n) is 5.11. The van der Waals surface area contributed by atoms with E-state index in [1.807, 2.05) is 0 Å². The van der Waals surface area contributed by atoms with Crippen LogP contribution in [0.15, 0.2) is 16.6 Å². The Labute approximate surface area is 102 Å². The van der Waals surface area contributed by atoms with E-state index in [0.29, 0.717) is 11.8 Å². The SMILES string of the molecule is ClC1CN=C2NCCC2C1C1=CCCCC1. The topological polar surface area (TPSA) is 24.4 Å². The zero-order valence-corrected chi connectivity index (χ0v) is 10.3. The van der Waals surface area contributed by atoms with Gasteiger partial charge in [0, 0.05) is 18.4 Å². The van der Waals surface area contributed by atoms with Crippen LogP contribution in [-0.4, -0.2) is 24.3 Å². The molecule has 2 nitrogen and oxygen atoms in total. The van der Waals surface area contributed by atoms with Gasteiger partial charge in [0.2, 0.25) is 0 Å². The van der Waals surface area contributed by atoms with Gasteiger partial charge in [0.1, 0.15) is 5.84 Å². The van der Waals surface area contributed by atoms with E-state index >= 15 is 0 Å². The van der Waals surface area contributed by atoms with Gasteiger partial charge >= 0.3 is 0 Å². The third-order valence-corrected chi connectivity index (χ3v) is 4.54. The monoisotopic (exact) mass is 238 g/mol. The molecule has 3 unspecified atom stereocenters. The Morgan fingerprint density at radius 2 is 2.31 bits per heavy atom. The average molecular weight is 239 g/mol. The predicted octanol–water partition coefficient (Wildman–Crippen LogP) is 2.73. The quantitative estimate of drug-likeness (QED) is 0.551. The minimum Gasteiger partial charge on any atom is -0.374 e. The van der Waals surface area contributed by atoms with Crippen LogP contribution in [0.1, 0.15) is 32.1 Å². The largest absolute Gasteiger partial charge is 0.374 e. The molecule has 0 aromatic carbocycles. The van der Waals surface area contributed by atoms with Crippen molar-refractivity contribution in [3.63, 3.8) is 0 Å². The summed E-state index contributed by atoms with van der Waals surface area (Å²) in [5.41, 5.74) is 1.62. The molecule has 3 atom stereocenters. The molecule has 0 radical (unpaired) electrons. The second-order valence-corrected chi connectivity index (χ2v) is 5.68. The van der Waals surface area contributed by atoms with Gasteiger partial charge in [0.05, 0.1) is 11.9 Å². The summed E-state index contributed by atoms with van der Waals surface area (Å²) >= 11 is 6.51. The molecule has 3 aliphatic rings. The first-order valence-electron chi connectivity index (χ1n) is 6.47. The summed E-state index contributed by atoms with van der Waals surface area (Å²) < 4.78 is 0. The third-order valence-electron chi connectivity index (χ3n) is 4.13. The number of hydrogen-bond donors (Lipinski definition) is 1. The predicted molar refractivity (Wildman–Crippen MR) is 68.1 cm³/mol. The molecule has 16 heavy (non-hydrogen) atoms. The number of rotatable bonds is 1. The number of amidine groups is 1. The van der Waals surface area contributed by atoms with Crippen molar-refractivity contribution in [1.29, 1.82) is 0 Å². The number of halogens is 1. The van der Waals surface area contributed by atoms with Gasteiger partial charge in [-0.15, -0.1) is 11.6 Å². The lowest BCUT2D eigenvalue weighted by molar-refractivity contribution is 0.419. The van der Waals surface area contributed by atoms with E-state index in [2.05, 4.69) is 16.4 Å². The van der Waals surface area contributed by atoms with E-state index in [0.717, 1.165) is 13.1 Å². The first kappa shape index (κ1) is 10.6. The molecular formula is C13H19ClN2. The van der Waals surface area contributed by atoms with Crippen molar-refractivity contribution in [2.45, 2.75) is 37.5 Å². The first-order chi connectivity index (χ1) is 7.86. The Morgan fingerprint density at radius 3 is 3.12 bits per heavy atom. The van der Waals surface area contributed by atoms with E-state index in [-0.39, 0.29) is 5.38 Å².